The molecule has 1 N–H and O–H groups in total. The lowest BCUT2D eigenvalue weighted by Gasteiger charge is -2.18. The van der Waals surface area contributed by atoms with Crippen LogP contribution in [0.4, 0.5) is 0 Å². The third-order valence-electron chi connectivity index (χ3n) is 4.59. The number of hydrogen-bond acceptors (Lipinski definition) is 4. The van der Waals surface area contributed by atoms with E-state index in [9.17, 15) is 14.4 Å². The molecule has 0 bridgehead atoms. The van der Waals surface area contributed by atoms with Gasteiger partial charge in [0.1, 0.15) is 6.04 Å². The third-order valence-corrected chi connectivity index (χ3v) is 4.92. The fourth-order valence-electron chi connectivity index (χ4n) is 2.75. The Bertz CT molecular complexity index is 923. The number of Topliss-reactive ketones (excluding diaryl/α,β-unsaturated/α-hetero) is 1. The third kappa shape index (κ3) is 4.98. The minimum absolute atomic E-state index is 0.263. The lowest BCUT2D eigenvalue weighted by Crippen LogP contribution is -2.41. The molecule has 0 fully saturated rings. The van der Waals surface area contributed by atoms with Crippen LogP contribution in [0.15, 0.2) is 36.4 Å². The van der Waals surface area contributed by atoms with Gasteiger partial charge in [0.05, 0.1) is 10.6 Å². The number of carbonyl (C=O) groups is 3. The topological polar surface area (TPSA) is 72.5 Å². The van der Waals surface area contributed by atoms with E-state index in [1.54, 1.807) is 30.3 Å². The van der Waals surface area contributed by atoms with Crippen LogP contribution in [0.1, 0.15) is 51.3 Å². The number of esters is 1. The number of benzene rings is 2. The minimum atomic E-state index is -0.965. The molecule has 5 nitrogen and oxygen atoms in total. The van der Waals surface area contributed by atoms with Crippen LogP contribution in [0.2, 0.25) is 5.02 Å². The van der Waals surface area contributed by atoms with Crippen LogP contribution in [0.3, 0.4) is 0 Å². The SMILES string of the molecule is Cc1cc(C)c(C(=O)C(C)OC(=O)C(C)NC(=O)c2ccccc2Cl)cc1C. The van der Waals surface area contributed by atoms with Crippen molar-refractivity contribution in [3.63, 3.8) is 0 Å². The number of ether oxygens (including phenoxy) is 1. The summed E-state index contributed by atoms with van der Waals surface area (Å²) in [6.45, 7) is 8.77. The fourth-order valence-corrected chi connectivity index (χ4v) is 2.98. The summed E-state index contributed by atoms with van der Waals surface area (Å²) in [7, 11) is 0. The number of amides is 1. The van der Waals surface area contributed by atoms with Crippen LogP contribution >= 0.6 is 11.6 Å². The van der Waals surface area contributed by atoms with E-state index in [1.807, 2.05) is 26.8 Å². The van der Waals surface area contributed by atoms with E-state index in [-0.39, 0.29) is 16.4 Å². The number of carbonyl (C=O) groups excluding carboxylic acids is 3. The Morgan fingerprint density at radius 1 is 0.929 bits per heavy atom. The molecule has 1 amide bonds. The van der Waals surface area contributed by atoms with Gasteiger partial charge in [0.2, 0.25) is 5.78 Å². The van der Waals surface area contributed by atoms with Crippen LogP contribution in [-0.4, -0.2) is 29.8 Å². The molecule has 0 heterocycles. The molecule has 0 spiro atoms. The van der Waals surface area contributed by atoms with Crippen molar-refractivity contribution in [1.82, 2.24) is 5.32 Å². The summed E-state index contributed by atoms with van der Waals surface area (Å²) in [6, 6.07) is 9.34. The molecular weight excluding hydrogens is 378 g/mol. The molecule has 0 aliphatic heterocycles. The number of rotatable bonds is 6. The lowest BCUT2D eigenvalue weighted by molar-refractivity contribution is -0.148. The maximum absolute atomic E-state index is 12.7. The van der Waals surface area contributed by atoms with Crippen molar-refractivity contribution in [3.8, 4) is 0 Å². The smallest absolute Gasteiger partial charge is 0.329 e. The van der Waals surface area contributed by atoms with Crippen molar-refractivity contribution < 1.29 is 19.1 Å². The number of hydrogen-bond donors (Lipinski definition) is 1. The molecule has 0 aliphatic carbocycles. The first kappa shape index (κ1) is 21.6. The molecule has 28 heavy (non-hydrogen) atoms. The Hall–Kier alpha value is -2.66. The molecule has 6 heteroatoms. The van der Waals surface area contributed by atoms with Gasteiger partial charge >= 0.3 is 5.97 Å². The summed E-state index contributed by atoms with van der Waals surface area (Å²) in [5, 5.41) is 2.83. The van der Waals surface area contributed by atoms with Crippen LogP contribution in [0, 0.1) is 20.8 Å². The van der Waals surface area contributed by atoms with E-state index in [2.05, 4.69) is 5.32 Å². The Morgan fingerprint density at radius 2 is 1.54 bits per heavy atom. The Morgan fingerprint density at radius 3 is 2.18 bits per heavy atom. The highest BCUT2D eigenvalue weighted by Crippen LogP contribution is 2.18. The van der Waals surface area contributed by atoms with Crippen molar-refractivity contribution in [2.24, 2.45) is 0 Å². The Labute approximate surface area is 170 Å². The molecule has 0 aromatic heterocycles. The summed E-state index contributed by atoms with van der Waals surface area (Å²) in [4.78, 5) is 37.3. The van der Waals surface area contributed by atoms with E-state index >= 15 is 0 Å². The van der Waals surface area contributed by atoms with Crippen LogP contribution in [0.25, 0.3) is 0 Å². The molecule has 148 valence electrons. The molecule has 2 aromatic carbocycles. The summed E-state index contributed by atoms with van der Waals surface area (Å²) < 4.78 is 5.28. The second kappa shape index (κ2) is 9.02. The van der Waals surface area contributed by atoms with Gasteiger partial charge in [-0.15, -0.1) is 0 Å². The predicted molar refractivity (Wildman–Crippen MR) is 109 cm³/mol. The van der Waals surface area contributed by atoms with Gasteiger partial charge in [0.15, 0.2) is 6.10 Å². The zero-order chi connectivity index (χ0) is 21.0. The van der Waals surface area contributed by atoms with E-state index < -0.39 is 24.0 Å². The number of halogens is 1. The van der Waals surface area contributed by atoms with Crippen molar-refractivity contribution in [1.29, 1.82) is 0 Å². The molecule has 0 saturated heterocycles. The summed E-state index contributed by atoms with van der Waals surface area (Å²) in [5.74, 6) is -1.46. The largest absolute Gasteiger partial charge is 0.453 e. The zero-order valence-corrected chi connectivity index (χ0v) is 17.4. The first-order valence-corrected chi connectivity index (χ1v) is 9.37. The van der Waals surface area contributed by atoms with Gasteiger partial charge in [-0.25, -0.2) is 4.79 Å². The van der Waals surface area contributed by atoms with Gasteiger partial charge in [0, 0.05) is 5.56 Å². The number of ketones is 1. The predicted octanol–water partition coefficient (Wildman–Crippen LogP) is 4.20. The first-order valence-electron chi connectivity index (χ1n) is 8.99. The zero-order valence-electron chi connectivity index (χ0n) is 16.6. The number of nitrogens with one attached hydrogen (secondary N) is 1. The molecular formula is C22H24ClNO4. The monoisotopic (exact) mass is 401 g/mol. The van der Waals surface area contributed by atoms with Crippen molar-refractivity contribution in [2.75, 3.05) is 0 Å². The van der Waals surface area contributed by atoms with Gasteiger partial charge in [-0.2, -0.15) is 0 Å². The average Bonchev–Trinajstić information content (AvgIpc) is 2.64. The van der Waals surface area contributed by atoms with Gasteiger partial charge in [-0.1, -0.05) is 29.8 Å². The van der Waals surface area contributed by atoms with Crippen molar-refractivity contribution in [3.05, 3.63) is 69.2 Å². The molecule has 0 aliphatic rings. The maximum atomic E-state index is 12.7. The van der Waals surface area contributed by atoms with Gasteiger partial charge < -0.3 is 10.1 Å². The van der Waals surface area contributed by atoms with E-state index in [0.29, 0.717) is 5.56 Å². The van der Waals surface area contributed by atoms with Gasteiger partial charge in [-0.05, 0) is 69.5 Å². The maximum Gasteiger partial charge on any atom is 0.329 e. The molecule has 0 radical (unpaired) electrons. The second-order valence-corrected chi connectivity index (χ2v) is 7.28. The normalized spacial score (nSPS) is 12.8. The summed E-state index contributed by atoms with van der Waals surface area (Å²) in [6.07, 6.45) is -0.965. The molecule has 2 rings (SSSR count). The summed E-state index contributed by atoms with van der Waals surface area (Å²) >= 11 is 5.99. The van der Waals surface area contributed by atoms with Gasteiger partial charge in [-0.3, -0.25) is 9.59 Å². The van der Waals surface area contributed by atoms with E-state index in [1.165, 1.54) is 13.8 Å². The fraction of sp³-hybridized carbons (Fsp3) is 0.318. The van der Waals surface area contributed by atoms with E-state index in [4.69, 9.17) is 16.3 Å². The second-order valence-electron chi connectivity index (χ2n) is 6.87. The Kier molecular flexibility index (Phi) is 6.97. The van der Waals surface area contributed by atoms with Crippen LogP contribution in [0.5, 0.6) is 0 Å². The van der Waals surface area contributed by atoms with Crippen molar-refractivity contribution >= 4 is 29.3 Å². The van der Waals surface area contributed by atoms with Crippen molar-refractivity contribution in [2.45, 2.75) is 46.8 Å². The minimum Gasteiger partial charge on any atom is -0.453 e. The first-order chi connectivity index (χ1) is 13.1. The molecule has 2 atom stereocenters. The summed E-state index contributed by atoms with van der Waals surface area (Å²) in [5.41, 5.74) is 3.70. The van der Waals surface area contributed by atoms with Gasteiger partial charge in [0.25, 0.3) is 5.91 Å². The number of aryl methyl sites for hydroxylation is 3. The van der Waals surface area contributed by atoms with Crippen LogP contribution in [-0.2, 0) is 9.53 Å². The van der Waals surface area contributed by atoms with E-state index in [0.717, 1.165) is 16.7 Å². The average molecular weight is 402 g/mol. The highest BCUT2D eigenvalue weighted by atomic mass is 35.5. The van der Waals surface area contributed by atoms with Crippen LogP contribution < -0.4 is 5.32 Å². The molecule has 2 aromatic rings. The molecule has 2 unspecified atom stereocenters. The Balaban J connectivity index is 2.03. The standard InChI is InChI=1S/C22H24ClNO4/c1-12-10-14(3)18(11-13(12)2)20(25)16(5)28-22(27)15(4)24-21(26)17-8-6-7-9-19(17)23/h6-11,15-16H,1-5H3,(H,24,26). The quantitative estimate of drug-likeness (QED) is 0.581. The molecule has 0 saturated carbocycles. The highest BCUT2D eigenvalue weighted by molar-refractivity contribution is 6.33. The highest BCUT2D eigenvalue weighted by Gasteiger charge is 2.25. The lowest BCUT2D eigenvalue weighted by atomic mass is 9.96.